The van der Waals surface area contributed by atoms with Crippen LogP contribution in [0.3, 0.4) is 0 Å². The first-order chi connectivity index (χ1) is 20.4. The molecule has 0 unspecified atom stereocenters. The number of tetrazole rings is 1. The molecule has 0 spiro atoms. The molecule has 0 fully saturated rings. The molecule has 6 aromatic rings. The van der Waals surface area contributed by atoms with Crippen LogP contribution in [0.5, 0.6) is 0 Å². The highest BCUT2D eigenvalue weighted by atomic mass is 35.5. The molecule has 1 amide bonds. The number of nitrogens with zero attached hydrogens (tertiary/aromatic N) is 5. The molecule has 0 aliphatic rings. The second-order valence-corrected chi connectivity index (χ2v) is 10.3. The Balaban J connectivity index is 1.30. The minimum Gasteiger partial charge on any atom is -0.342 e. The third kappa shape index (κ3) is 5.99. The van der Waals surface area contributed by atoms with Crippen LogP contribution < -0.4 is 10.9 Å². The van der Waals surface area contributed by atoms with E-state index in [1.807, 2.05) is 48.5 Å². The van der Waals surface area contributed by atoms with E-state index < -0.39 is 6.04 Å². The molecule has 0 aliphatic heterocycles. The minimum absolute atomic E-state index is 0.175. The van der Waals surface area contributed by atoms with Crippen molar-refractivity contribution in [3.63, 3.8) is 0 Å². The SMILES string of the molecule is O=C(/C=C/c1cc(Cl)ccc1-n1cnnn1)N[C@@H](Cc1ccccc1)c1nc(-c2ccc3[nH]c(=O)ccc3c2)c(Cl)[nH]1. The molecule has 6 rings (SSSR count). The maximum atomic E-state index is 13.2. The van der Waals surface area contributed by atoms with Gasteiger partial charge in [-0.2, -0.15) is 4.68 Å². The van der Waals surface area contributed by atoms with E-state index in [-0.39, 0.29) is 11.5 Å². The predicted octanol–water partition coefficient (Wildman–Crippen LogP) is 5.31. The molecular formula is C30H22Cl2N8O2. The Hall–Kier alpha value is -5.06. The molecule has 3 aromatic heterocycles. The number of hydrogen-bond acceptors (Lipinski definition) is 6. The number of rotatable bonds is 8. The monoisotopic (exact) mass is 596 g/mol. The molecule has 1 atom stereocenters. The highest BCUT2D eigenvalue weighted by Crippen LogP contribution is 2.30. The molecule has 0 saturated heterocycles. The van der Waals surface area contributed by atoms with Crippen molar-refractivity contribution in [2.24, 2.45) is 0 Å². The Morgan fingerprint density at radius 3 is 2.67 bits per heavy atom. The van der Waals surface area contributed by atoms with Crippen molar-refractivity contribution >= 4 is 46.1 Å². The van der Waals surface area contributed by atoms with E-state index in [2.05, 4.69) is 30.8 Å². The minimum atomic E-state index is -0.522. The van der Waals surface area contributed by atoms with E-state index in [1.54, 1.807) is 30.3 Å². The number of hydrogen-bond donors (Lipinski definition) is 3. The van der Waals surface area contributed by atoms with Crippen LogP contribution >= 0.6 is 23.2 Å². The van der Waals surface area contributed by atoms with E-state index in [4.69, 9.17) is 28.2 Å². The number of carbonyl (C=O) groups excluding carboxylic acids is 1. The molecular weight excluding hydrogens is 575 g/mol. The van der Waals surface area contributed by atoms with Crippen molar-refractivity contribution in [2.45, 2.75) is 12.5 Å². The molecule has 3 N–H and O–H groups in total. The number of H-pyrrole nitrogens is 2. The van der Waals surface area contributed by atoms with Crippen LogP contribution in [0.15, 0.2) is 96.1 Å². The zero-order valence-corrected chi connectivity index (χ0v) is 23.3. The molecule has 0 aliphatic carbocycles. The lowest BCUT2D eigenvalue weighted by molar-refractivity contribution is -0.117. The normalized spacial score (nSPS) is 12.1. The summed E-state index contributed by atoms with van der Waals surface area (Å²) >= 11 is 12.8. The standard InChI is InChI=1S/C30H22Cl2N8O2/c31-22-9-11-25(40-17-33-38-39-40)20(16-22)8-13-27(42)35-24(14-18-4-2-1-3-5-18)30-36-28(29(32)37-30)21-6-10-23-19(15-21)7-12-26(41)34-23/h1-13,15-17,24H,14H2,(H,34,41)(H,35,42)(H,36,37)/b13-8+/t24-/m0/s1. The number of amides is 1. The lowest BCUT2D eigenvalue weighted by Gasteiger charge is -2.16. The van der Waals surface area contributed by atoms with Gasteiger partial charge in [0.25, 0.3) is 0 Å². The van der Waals surface area contributed by atoms with Crippen molar-refractivity contribution < 1.29 is 4.79 Å². The summed E-state index contributed by atoms with van der Waals surface area (Å²) < 4.78 is 1.49. The molecule has 0 saturated carbocycles. The number of carbonyl (C=O) groups is 1. The van der Waals surface area contributed by atoms with Gasteiger partial charge in [-0.25, -0.2) is 4.98 Å². The van der Waals surface area contributed by atoms with Crippen LogP contribution in [0.4, 0.5) is 0 Å². The number of fused-ring (bicyclic) bond motifs is 1. The summed E-state index contributed by atoms with van der Waals surface area (Å²) in [6.07, 6.45) is 5.00. The molecule has 208 valence electrons. The van der Waals surface area contributed by atoms with E-state index in [0.29, 0.717) is 44.9 Å². The number of aromatic amines is 2. The van der Waals surface area contributed by atoms with Crippen molar-refractivity contribution in [3.8, 4) is 16.9 Å². The van der Waals surface area contributed by atoms with Crippen LogP contribution in [-0.4, -0.2) is 41.1 Å². The van der Waals surface area contributed by atoms with Crippen LogP contribution in [0.25, 0.3) is 33.9 Å². The lowest BCUT2D eigenvalue weighted by Crippen LogP contribution is -2.29. The number of pyridine rings is 1. The quantitative estimate of drug-likeness (QED) is 0.204. The van der Waals surface area contributed by atoms with Crippen LogP contribution in [0.2, 0.25) is 10.2 Å². The summed E-state index contributed by atoms with van der Waals surface area (Å²) in [6, 6.07) is 23.2. The van der Waals surface area contributed by atoms with E-state index in [1.165, 1.54) is 23.2 Å². The Kier molecular flexibility index (Phi) is 7.63. The third-order valence-electron chi connectivity index (χ3n) is 6.60. The first-order valence-corrected chi connectivity index (χ1v) is 13.6. The van der Waals surface area contributed by atoms with Gasteiger partial charge >= 0.3 is 0 Å². The average Bonchev–Trinajstić information content (AvgIpc) is 3.66. The zero-order chi connectivity index (χ0) is 29.1. The fourth-order valence-corrected chi connectivity index (χ4v) is 5.05. The van der Waals surface area contributed by atoms with Gasteiger partial charge in [-0.15, -0.1) is 5.10 Å². The van der Waals surface area contributed by atoms with Crippen molar-refractivity contribution in [1.82, 2.24) is 40.5 Å². The first-order valence-electron chi connectivity index (χ1n) is 12.9. The lowest BCUT2D eigenvalue weighted by atomic mass is 10.1. The van der Waals surface area contributed by atoms with Gasteiger partial charge in [0.15, 0.2) is 0 Å². The van der Waals surface area contributed by atoms with Gasteiger partial charge in [0.1, 0.15) is 23.0 Å². The van der Waals surface area contributed by atoms with E-state index in [0.717, 1.165) is 16.5 Å². The van der Waals surface area contributed by atoms with Gasteiger partial charge < -0.3 is 15.3 Å². The summed E-state index contributed by atoms with van der Waals surface area (Å²) in [5.74, 6) is 0.154. The molecule has 42 heavy (non-hydrogen) atoms. The average molecular weight is 597 g/mol. The summed E-state index contributed by atoms with van der Waals surface area (Å²) in [7, 11) is 0. The van der Waals surface area contributed by atoms with Gasteiger partial charge in [-0.05, 0) is 70.3 Å². The van der Waals surface area contributed by atoms with Crippen LogP contribution in [0, 0.1) is 0 Å². The molecule has 0 radical (unpaired) electrons. The Bertz CT molecular complexity index is 1970. The Morgan fingerprint density at radius 2 is 1.86 bits per heavy atom. The third-order valence-corrected chi connectivity index (χ3v) is 7.11. The predicted molar refractivity (Wildman–Crippen MR) is 161 cm³/mol. The fraction of sp³-hybridized carbons (Fsp3) is 0.0667. The number of halogens is 2. The maximum absolute atomic E-state index is 13.2. The smallest absolute Gasteiger partial charge is 0.248 e. The maximum Gasteiger partial charge on any atom is 0.248 e. The molecule has 10 nitrogen and oxygen atoms in total. The summed E-state index contributed by atoms with van der Waals surface area (Å²) in [5.41, 5.74) is 4.16. The van der Waals surface area contributed by atoms with Crippen LogP contribution in [-0.2, 0) is 11.2 Å². The van der Waals surface area contributed by atoms with E-state index >= 15 is 0 Å². The topological polar surface area (TPSA) is 134 Å². The van der Waals surface area contributed by atoms with Crippen molar-refractivity contribution in [2.75, 3.05) is 0 Å². The first kappa shape index (κ1) is 27.1. The molecule has 12 heteroatoms. The second kappa shape index (κ2) is 11.8. The molecule has 3 aromatic carbocycles. The fourth-order valence-electron chi connectivity index (χ4n) is 4.62. The largest absolute Gasteiger partial charge is 0.342 e. The van der Waals surface area contributed by atoms with Crippen molar-refractivity contribution in [3.05, 3.63) is 129 Å². The summed E-state index contributed by atoms with van der Waals surface area (Å²) in [6.45, 7) is 0. The highest BCUT2D eigenvalue weighted by Gasteiger charge is 2.21. The number of imidazole rings is 1. The van der Waals surface area contributed by atoms with E-state index in [9.17, 15) is 9.59 Å². The summed E-state index contributed by atoms with van der Waals surface area (Å²) in [4.78, 5) is 35.6. The summed E-state index contributed by atoms with van der Waals surface area (Å²) in [5, 5.41) is 16.0. The highest BCUT2D eigenvalue weighted by molar-refractivity contribution is 6.32. The molecule has 3 heterocycles. The van der Waals surface area contributed by atoms with Gasteiger partial charge in [-0.1, -0.05) is 59.6 Å². The number of nitrogens with one attached hydrogen (secondary N) is 3. The number of benzene rings is 3. The Labute approximate surface area is 249 Å². The van der Waals surface area contributed by atoms with Crippen molar-refractivity contribution in [1.29, 1.82) is 0 Å². The van der Waals surface area contributed by atoms with Crippen LogP contribution in [0.1, 0.15) is 23.0 Å². The second-order valence-electron chi connectivity index (χ2n) is 9.45. The Morgan fingerprint density at radius 1 is 1.00 bits per heavy atom. The zero-order valence-electron chi connectivity index (χ0n) is 21.8. The number of aromatic nitrogens is 7. The van der Waals surface area contributed by atoms with Gasteiger partial charge in [-0.3, -0.25) is 9.59 Å². The molecule has 0 bridgehead atoms. The van der Waals surface area contributed by atoms with Gasteiger partial charge in [0.05, 0.1) is 11.7 Å². The van der Waals surface area contributed by atoms with Gasteiger partial charge in [0.2, 0.25) is 11.5 Å². The van der Waals surface area contributed by atoms with Gasteiger partial charge in [0, 0.05) is 33.8 Å².